The van der Waals surface area contributed by atoms with Crippen LogP contribution in [0.15, 0.2) is 0 Å². The van der Waals surface area contributed by atoms with Crippen molar-refractivity contribution in [2.24, 2.45) is 0 Å². The minimum atomic E-state index is -0.0570. The van der Waals surface area contributed by atoms with E-state index in [1.807, 2.05) is 18.7 Å². The van der Waals surface area contributed by atoms with Crippen LogP contribution < -0.4 is 0 Å². The Morgan fingerprint density at radius 1 is 1.15 bits per heavy atom. The molecule has 1 rings (SSSR count). The predicted octanol–water partition coefficient (Wildman–Crippen LogP) is 1.67. The van der Waals surface area contributed by atoms with Gasteiger partial charge in [0, 0.05) is 6.04 Å². The van der Waals surface area contributed by atoms with Crippen molar-refractivity contribution in [2.75, 3.05) is 0 Å². The standard InChI is InChI=1S/C10H15N3/c1-8(2)13-9(6-11)4-3-5-10(13)7-12/h8-10H,3-5H2,1-2H3. The van der Waals surface area contributed by atoms with Crippen LogP contribution in [0.2, 0.25) is 0 Å². The fourth-order valence-electron chi connectivity index (χ4n) is 2.00. The zero-order chi connectivity index (χ0) is 9.84. The van der Waals surface area contributed by atoms with Gasteiger partial charge in [-0.2, -0.15) is 10.5 Å². The van der Waals surface area contributed by atoms with Crippen molar-refractivity contribution in [3.63, 3.8) is 0 Å². The van der Waals surface area contributed by atoms with Crippen LogP contribution in [0.25, 0.3) is 0 Å². The first-order chi connectivity index (χ1) is 6.20. The second-order valence-electron chi connectivity index (χ2n) is 3.76. The molecule has 0 aromatic rings. The average Bonchev–Trinajstić information content (AvgIpc) is 2.16. The van der Waals surface area contributed by atoms with Crippen LogP contribution in [-0.2, 0) is 0 Å². The van der Waals surface area contributed by atoms with Gasteiger partial charge in [-0.15, -0.1) is 0 Å². The summed E-state index contributed by atoms with van der Waals surface area (Å²) in [7, 11) is 0. The maximum absolute atomic E-state index is 8.92. The lowest BCUT2D eigenvalue weighted by atomic mass is 9.95. The Labute approximate surface area is 79.6 Å². The monoisotopic (exact) mass is 177 g/mol. The van der Waals surface area contributed by atoms with Crippen molar-refractivity contribution in [2.45, 2.75) is 51.2 Å². The van der Waals surface area contributed by atoms with E-state index in [0.717, 1.165) is 19.3 Å². The van der Waals surface area contributed by atoms with E-state index in [0.29, 0.717) is 0 Å². The minimum Gasteiger partial charge on any atom is -0.270 e. The molecule has 0 aliphatic carbocycles. The number of likely N-dealkylation sites (tertiary alicyclic amines) is 1. The molecule has 0 amide bonds. The maximum Gasteiger partial charge on any atom is 0.0990 e. The van der Waals surface area contributed by atoms with Gasteiger partial charge < -0.3 is 0 Å². The largest absolute Gasteiger partial charge is 0.270 e. The Morgan fingerprint density at radius 2 is 1.62 bits per heavy atom. The molecule has 0 saturated carbocycles. The van der Waals surface area contributed by atoms with Crippen LogP contribution in [0.4, 0.5) is 0 Å². The summed E-state index contributed by atoms with van der Waals surface area (Å²) in [6.07, 6.45) is 2.82. The fraction of sp³-hybridized carbons (Fsp3) is 0.800. The van der Waals surface area contributed by atoms with E-state index in [1.165, 1.54) is 0 Å². The highest BCUT2D eigenvalue weighted by Crippen LogP contribution is 2.24. The van der Waals surface area contributed by atoms with E-state index in [9.17, 15) is 0 Å². The van der Waals surface area contributed by atoms with Gasteiger partial charge in [-0.25, -0.2) is 0 Å². The molecule has 1 heterocycles. The first-order valence-electron chi connectivity index (χ1n) is 4.77. The van der Waals surface area contributed by atoms with Crippen molar-refractivity contribution in [3.05, 3.63) is 0 Å². The molecule has 70 valence electrons. The number of hydrogen-bond acceptors (Lipinski definition) is 3. The Kier molecular flexibility index (Phi) is 3.28. The van der Waals surface area contributed by atoms with Crippen LogP contribution in [0.1, 0.15) is 33.1 Å². The number of piperidine rings is 1. The lowest BCUT2D eigenvalue weighted by Gasteiger charge is -2.38. The van der Waals surface area contributed by atoms with E-state index >= 15 is 0 Å². The molecule has 2 atom stereocenters. The Bertz CT molecular complexity index is 224. The van der Waals surface area contributed by atoms with E-state index in [4.69, 9.17) is 10.5 Å². The molecule has 2 unspecified atom stereocenters. The predicted molar refractivity (Wildman–Crippen MR) is 49.6 cm³/mol. The van der Waals surface area contributed by atoms with Gasteiger partial charge >= 0.3 is 0 Å². The van der Waals surface area contributed by atoms with Crippen LogP contribution in [-0.4, -0.2) is 23.0 Å². The van der Waals surface area contributed by atoms with E-state index in [-0.39, 0.29) is 18.1 Å². The molecule has 0 radical (unpaired) electrons. The molecule has 1 saturated heterocycles. The molecule has 0 N–H and O–H groups in total. The van der Waals surface area contributed by atoms with Gasteiger partial charge in [0.1, 0.15) is 0 Å². The van der Waals surface area contributed by atoms with Crippen molar-refractivity contribution < 1.29 is 0 Å². The molecule has 1 aliphatic heterocycles. The van der Waals surface area contributed by atoms with Crippen LogP contribution >= 0.6 is 0 Å². The second-order valence-corrected chi connectivity index (χ2v) is 3.76. The molecule has 1 fully saturated rings. The lowest BCUT2D eigenvalue weighted by Crippen LogP contribution is -2.49. The van der Waals surface area contributed by atoms with Crippen LogP contribution in [0, 0.1) is 22.7 Å². The lowest BCUT2D eigenvalue weighted by molar-refractivity contribution is 0.108. The van der Waals surface area contributed by atoms with Crippen molar-refractivity contribution in [1.29, 1.82) is 10.5 Å². The third-order valence-electron chi connectivity index (χ3n) is 2.57. The summed E-state index contributed by atoms with van der Waals surface area (Å²) in [4.78, 5) is 2.03. The van der Waals surface area contributed by atoms with E-state index in [2.05, 4.69) is 12.1 Å². The summed E-state index contributed by atoms with van der Waals surface area (Å²) in [6.45, 7) is 4.08. The molecule has 0 aromatic heterocycles. The molecule has 1 aliphatic rings. The van der Waals surface area contributed by atoms with Gasteiger partial charge in [-0.3, -0.25) is 4.90 Å². The molecular formula is C10H15N3. The zero-order valence-corrected chi connectivity index (χ0v) is 8.20. The molecule has 0 bridgehead atoms. The summed E-state index contributed by atoms with van der Waals surface area (Å²) in [5, 5.41) is 17.8. The molecule has 0 aromatic carbocycles. The van der Waals surface area contributed by atoms with Crippen molar-refractivity contribution in [1.82, 2.24) is 4.90 Å². The van der Waals surface area contributed by atoms with Gasteiger partial charge in [-0.1, -0.05) is 0 Å². The summed E-state index contributed by atoms with van der Waals surface area (Å²) in [6, 6.07) is 4.72. The van der Waals surface area contributed by atoms with Crippen molar-refractivity contribution >= 4 is 0 Å². The Balaban J connectivity index is 2.79. The van der Waals surface area contributed by atoms with Gasteiger partial charge in [0.15, 0.2) is 0 Å². The maximum atomic E-state index is 8.92. The van der Waals surface area contributed by atoms with Crippen LogP contribution in [0.5, 0.6) is 0 Å². The first-order valence-corrected chi connectivity index (χ1v) is 4.77. The smallest absolute Gasteiger partial charge is 0.0990 e. The third-order valence-corrected chi connectivity index (χ3v) is 2.57. The number of rotatable bonds is 1. The summed E-state index contributed by atoms with van der Waals surface area (Å²) >= 11 is 0. The second kappa shape index (κ2) is 4.25. The zero-order valence-electron chi connectivity index (χ0n) is 8.20. The van der Waals surface area contributed by atoms with Crippen LogP contribution in [0.3, 0.4) is 0 Å². The van der Waals surface area contributed by atoms with E-state index in [1.54, 1.807) is 0 Å². The topological polar surface area (TPSA) is 50.8 Å². The average molecular weight is 177 g/mol. The van der Waals surface area contributed by atoms with Gasteiger partial charge in [0.25, 0.3) is 0 Å². The third kappa shape index (κ3) is 1.99. The molecule has 3 heteroatoms. The first kappa shape index (κ1) is 10.0. The quantitative estimate of drug-likeness (QED) is 0.612. The minimum absolute atomic E-state index is 0.0570. The fourth-order valence-corrected chi connectivity index (χ4v) is 2.00. The molecule has 0 spiro atoms. The number of nitrogens with zero attached hydrogens (tertiary/aromatic N) is 3. The van der Waals surface area contributed by atoms with E-state index < -0.39 is 0 Å². The highest BCUT2D eigenvalue weighted by molar-refractivity contribution is 5.05. The molecule has 13 heavy (non-hydrogen) atoms. The highest BCUT2D eigenvalue weighted by atomic mass is 15.2. The summed E-state index contributed by atoms with van der Waals surface area (Å²) in [5.74, 6) is 0. The number of nitriles is 2. The van der Waals surface area contributed by atoms with Gasteiger partial charge in [0.05, 0.1) is 24.2 Å². The Morgan fingerprint density at radius 3 is 1.92 bits per heavy atom. The Hall–Kier alpha value is -1.06. The summed E-state index contributed by atoms with van der Waals surface area (Å²) < 4.78 is 0. The molecule has 3 nitrogen and oxygen atoms in total. The van der Waals surface area contributed by atoms with Gasteiger partial charge in [0.2, 0.25) is 0 Å². The number of hydrogen-bond donors (Lipinski definition) is 0. The molecular weight excluding hydrogens is 162 g/mol. The highest BCUT2D eigenvalue weighted by Gasteiger charge is 2.32. The summed E-state index contributed by atoms with van der Waals surface area (Å²) in [5.41, 5.74) is 0. The van der Waals surface area contributed by atoms with Gasteiger partial charge in [-0.05, 0) is 33.1 Å². The SMILES string of the molecule is CC(C)N1C(C#N)CCCC1C#N. The normalized spacial score (nSPS) is 29.6. The van der Waals surface area contributed by atoms with Crippen molar-refractivity contribution in [3.8, 4) is 12.1 Å².